The van der Waals surface area contributed by atoms with Crippen LogP contribution in [0.2, 0.25) is 0 Å². The second kappa shape index (κ2) is 8.85. The van der Waals surface area contributed by atoms with Gasteiger partial charge in [0.1, 0.15) is 0 Å². The van der Waals surface area contributed by atoms with Gasteiger partial charge in [-0.2, -0.15) is 0 Å². The molecule has 1 saturated carbocycles. The molecule has 0 atom stereocenters. The molecule has 130 valence electrons. The highest BCUT2D eigenvalue weighted by Crippen LogP contribution is 2.37. The highest BCUT2D eigenvalue weighted by Gasteiger charge is 2.21. The minimum atomic E-state index is 0.746. The molecule has 1 aliphatic rings. The van der Waals surface area contributed by atoms with Gasteiger partial charge in [-0.3, -0.25) is 0 Å². The first-order chi connectivity index (χ1) is 12.3. The van der Waals surface area contributed by atoms with Gasteiger partial charge in [0, 0.05) is 0 Å². The second-order valence-electron chi connectivity index (χ2n) is 7.29. The zero-order valence-electron chi connectivity index (χ0n) is 15.5. The lowest BCUT2D eigenvalue weighted by Gasteiger charge is -2.28. The summed E-state index contributed by atoms with van der Waals surface area (Å²) in [6.07, 6.45) is 13.9. The molecule has 0 nitrogen and oxygen atoms in total. The molecule has 0 spiro atoms. The van der Waals surface area contributed by atoms with E-state index in [1.807, 2.05) is 6.08 Å². The van der Waals surface area contributed by atoms with E-state index in [0.29, 0.717) is 0 Å². The van der Waals surface area contributed by atoms with Gasteiger partial charge in [-0.1, -0.05) is 80.3 Å². The summed E-state index contributed by atoms with van der Waals surface area (Å²) in [5, 5.41) is 0. The van der Waals surface area contributed by atoms with E-state index < -0.39 is 0 Å². The number of hydrogen-bond donors (Lipinski definition) is 0. The number of benzene rings is 2. The molecule has 2 aromatic carbocycles. The molecule has 2 aromatic rings. The van der Waals surface area contributed by atoms with Crippen LogP contribution in [0.15, 0.2) is 73.3 Å². The maximum Gasteiger partial charge on any atom is -0.0162 e. The second-order valence-corrected chi connectivity index (χ2v) is 7.29. The van der Waals surface area contributed by atoms with Gasteiger partial charge in [0.15, 0.2) is 0 Å². The summed E-state index contributed by atoms with van der Waals surface area (Å²) >= 11 is 0. The van der Waals surface area contributed by atoms with Crippen molar-refractivity contribution in [3.63, 3.8) is 0 Å². The molecule has 0 heterocycles. The van der Waals surface area contributed by atoms with E-state index in [2.05, 4.69) is 74.2 Å². The van der Waals surface area contributed by atoms with Crippen LogP contribution < -0.4 is 0 Å². The van der Waals surface area contributed by atoms with Crippen molar-refractivity contribution in [1.82, 2.24) is 0 Å². The fourth-order valence-corrected chi connectivity index (χ4v) is 3.98. The Kier molecular flexibility index (Phi) is 6.28. The lowest BCUT2D eigenvalue weighted by atomic mass is 9.77. The van der Waals surface area contributed by atoms with E-state index >= 15 is 0 Å². The quantitative estimate of drug-likeness (QED) is 0.487. The Hall–Kier alpha value is -2.08. The minimum absolute atomic E-state index is 0.746. The van der Waals surface area contributed by atoms with Crippen LogP contribution in [0.25, 0.3) is 11.1 Å². The zero-order chi connectivity index (χ0) is 17.5. The highest BCUT2D eigenvalue weighted by molar-refractivity contribution is 5.64. The molecule has 0 bridgehead atoms. The lowest BCUT2D eigenvalue weighted by Crippen LogP contribution is -2.12. The summed E-state index contributed by atoms with van der Waals surface area (Å²) in [5.74, 6) is 1.61. The molecular weight excluding hydrogens is 300 g/mol. The molecule has 25 heavy (non-hydrogen) atoms. The van der Waals surface area contributed by atoms with Crippen LogP contribution in [-0.4, -0.2) is 0 Å². The largest absolute Gasteiger partial charge is 0.0991 e. The Morgan fingerprint density at radius 3 is 2.04 bits per heavy atom. The number of hydrogen-bond acceptors (Lipinski definition) is 0. The van der Waals surface area contributed by atoms with E-state index in [4.69, 9.17) is 0 Å². The summed E-state index contributed by atoms with van der Waals surface area (Å²) < 4.78 is 0. The minimum Gasteiger partial charge on any atom is -0.0991 e. The van der Waals surface area contributed by atoms with Crippen molar-refractivity contribution in [3.8, 4) is 11.1 Å². The SMILES string of the molecule is C=C/C=C\CC1CCC(c2ccc(-c3ccc(CC)cc3)cc2)CC1. The Balaban J connectivity index is 1.59. The normalized spacial score (nSPS) is 20.7. The summed E-state index contributed by atoms with van der Waals surface area (Å²) in [7, 11) is 0. The van der Waals surface area contributed by atoms with Crippen molar-refractivity contribution in [2.75, 3.05) is 0 Å². The van der Waals surface area contributed by atoms with E-state index in [-0.39, 0.29) is 0 Å². The van der Waals surface area contributed by atoms with E-state index in [1.54, 1.807) is 0 Å². The van der Waals surface area contributed by atoms with Crippen LogP contribution in [0.5, 0.6) is 0 Å². The Morgan fingerprint density at radius 2 is 1.48 bits per heavy atom. The fraction of sp³-hybridized carbons (Fsp3) is 0.360. The van der Waals surface area contributed by atoms with Crippen LogP contribution >= 0.6 is 0 Å². The highest BCUT2D eigenvalue weighted by atomic mass is 14.3. The molecule has 0 N–H and O–H groups in total. The van der Waals surface area contributed by atoms with Crippen LogP contribution in [0, 0.1) is 5.92 Å². The molecule has 0 radical (unpaired) electrons. The Morgan fingerprint density at radius 1 is 0.880 bits per heavy atom. The lowest BCUT2D eigenvalue weighted by molar-refractivity contribution is 0.328. The first kappa shape index (κ1) is 17.7. The van der Waals surface area contributed by atoms with Crippen LogP contribution in [0.3, 0.4) is 0 Å². The maximum absolute atomic E-state index is 3.75. The van der Waals surface area contributed by atoms with E-state index in [0.717, 1.165) is 18.3 Å². The first-order valence-electron chi connectivity index (χ1n) is 9.77. The predicted molar refractivity (Wildman–Crippen MR) is 110 cm³/mol. The maximum atomic E-state index is 3.75. The molecule has 0 unspecified atom stereocenters. The number of rotatable bonds is 6. The first-order valence-corrected chi connectivity index (χ1v) is 9.77. The van der Waals surface area contributed by atoms with E-state index in [9.17, 15) is 0 Å². The van der Waals surface area contributed by atoms with Gasteiger partial charge in [0.05, 0.1) is 0 Å². The molecule has 0 heteroatoms. The smallest absolute Gasteiger partial charge is 0.0162 e. The molecule has 0 amide bonds. The van der Waals surface area contributed by atoms with Crippen LogP contribution in [0.1, 0.15) is 56.1 Å². The number of allylic oxidation sites excluding steroid dienone is 3. The van der Waals surface area contributed by atoms with Gasteiger partial charge in [0.2, 0.25) is 0 Å². The van der Waals surface area contributed by atoms with Gasteiger partial charge in [-0.25, -0.2) is 0 Å². The Labute approximate surface area is 153 Å². The summed E-state index contributed by atoms with van der Waals surface area (Å²) in [6.45, 7) is 5.95. The van der Waals surface area contributed by atoms with Crippen LogP contribution in [-0.2, 0) is 6.42 Å². The average molecular weight is 331 g/mol. The van der Waals surface area contributed by atoms with Crippen molar-refractivity contribution in [3.05, 3.63) is 84.5 Å². The van der Waals surface area contributed by atoms with Gasteiger partial charge in [-0.05, 0) is 72.6 Å². The standard InChI is InChI=1S/C25H30/c1-3-5-6-7-21-10-14-23(15-11-21)25-18-16-24(17-19-25)22-12-8-20(4-2)9-13-22/h3,5-6,8-9,12-13,16-19,21,23H,1,4,7,10-11,14-15H2,2H3/b6-5-. The molecule has 0 aliphatic heterocycles. The van der Waals surface area contributed by atoms with Crippen molar-refractivity contribution in [2.24, 2.45) is 5.92 Å². The summed E-state index contributed by atoms with van der Waals surface area (Å²) in [6, 6.07) is 18.3. The monoisotopic (exact) mass is 330 g/mol. The molecule has 1 aliphatic carbocycles. The number of aryl methyl sites for hydroxylation is 1. The van der Waals surface area contributed by atoms with Crippen molar-refractivity contribution < 1.29 is 0 Å². The van der Waals surface area contributed by atoms with Gasteiger partial charge in [0.25, 0.3) is 0 Å². The Bertz CT molecular complexity index is 680. The molecule has 0 aromatic heterocycles. The average Bonchev–Trinajstić information content (AvgIpc) is 2.69. The third kappa shape index (κ3) is 4.72. The van der Waals surface area contributed by atoms with Gasteiger partial charge < -0.3 is 0 Å². The van der Waals surface area contributed by atoms with Gasteiger partial charge in [-0.15, -0.1) is 0 Å². The van der Waals surface area contributed by atoms with E-state index in [1.165, 1.54) is 54.4 Å². The third-order valence-corrected chi connectivity index (χ3v) is 5.67. The topological polar surface area (TPSA) is 0 Å². The third-order valence-electron chi connectivity index (χ3n) is 5.67. The van der Waals surface area contributed by atoms with Crippen LogP contribution in [0.4, 0.5) is 0 Å². The molecular formula is C25H30. The summed E-state index contributed by atoms with van der Waals surface area (Å²) in [5.41, 5.74) is 5.57. The summed E-state index contributed by atoms with van der Waals surface area (Å²) in [4.78, 5) is 0. The molecule has 1 fully saturated rings. The predicted octanol–water partition coefficient (Wildman–Crippen LogP) is 7.32. The van der Waals surface area contributed by atoms with Crippen molar-refractivity contribution >= 4 is 0 Å². The van der Waals surface area contributed by atoms with Crippen molar-refractivity contribution in [1.29, 1.82) is 0 Å². The molecule has 0 saturated heterocycles. The van der Waals surface area contributed by atoms with Gasteiger partial charge >= 0.3 is 0 Å². The van der Waals surface area contributed by atoms with Crippen molar-refractivity contribution in [2.45, 2.75) is 51.4 Å². The fourth-order valence-electron chi connectivity index (χ4n) is 3.98. The zero-order valence-corrected chi connectivity index (χ0v) is 15.5. The molecule has 3 rings (SSSR count).